The molecule has 2 aromatic heterocycles. The Morgan fingerprint density at radius 3 is 2.50 bits per heavy atom. The summed E-state index contributed by atoms with van der Waals surface area (Å²) in [4.78, 5) is 25.5. The van der Waals surface area contributed by atoms with Crippen molar-refractivity contribution >= 4 is 21.7 Å². The minimum Gasteiger partial charge on any atom is -0.347 e. The summed E-state index contributed by atoms with van der Waals surface area (Å²) in [5.41, 5.74) is 1.41. The summed E-state index contributed by atoms with van der Waals surface area (Å²) in [5.74, 6) is 0. The fraction of sp³-hybridized carbons (Fsp3) is 0.304. The Labute approximate surface area is 163 Å². The molecule has 5 heteroatoms. The second-order valence-corrected chi connectivity index (χ2v) is 7.52. The molecule has 28 heavy (non-hydrogen) atoms. The van der Waals surface area contributed by atoms with Crippen LogP contribution in [0.15, 0.2) is 64.4 Å². The predicted octanol–water partition coefficient (Wildman–Crippen LogP) is 4.06. The summed E-state index contributed by atoms with van der Waals surface area (Å²) < 4.78 is 5.00. The second-order valence-electron chi connectivity index (χ2n) is 7.52. The van der Waals surface area contributed by atoms with E-state index in [9.17, 15) is 9.59 Å². The Morgan fingerprint density at radius 2 is 1.71 bits per heavy atom. The summed E-state index contributed by atoms with van der Waals surface area (Å²) in [6.07, 6.45) is 5.68. The van der Waals surface area contributed by atoms with Crippen LogP contribution < -0.4 is 11.2 Å². The van der Waals surface area contributed by atoms with Gasteiger partial charge in [0.05, 0.1) is 10.9 Å². The van der Waals surface area contributed by atoms with E-state index >= 15 is 0 Å². The Morgan fingerprint density at radius 1 is 0.964 bits per heavy atom. The summed E-state index contributed by atoms with van der Waals surface area (Å²) in [6, 6.07) is 14.6. The number of hydrogen-bond donors (Lipinski definition) is 0. The van der Waals surface area contributed by atoms with Gasteiger partial charge in [0, 0.05) is 32.0 Å². The quantitative estimate of drug-likeness (QED) is 0.528. The topological polar surface area (TPSA) is 48.9 Å². The molecule has 4 aromatic rings. The molecule has 0 N–H and O–H groups in total. The van der Waals surface area contributed by atoms with Crippen LogP contribution in [0, 0.1) is 0 Å². The van der Waals surface area contributed by atoms with E-state index in [0.29, 0.717) is 17.4 Å². The number of hydrogen-bond acceptors (Lipinski definition) is 2. The van der Waals surface area contributed by atoms with E-state index in [1.165, 1.54) is 20.9 Å². The normalized spacial score (nSPS) is 12.7. The Hall–Kier alpha value is -3.08. The monoisotopic (exact) mass is 375 g/mol. The maximum Gasteiger partial charge on any atom is 0.331 e. The van der Waals surface area contributed by atoms with Crippen LogP contribution in [0.3, 0.4) is 0 Å². The van der Waals surface area contributed by atoms with Crippen LogP contribution in [-0.2, 0) is 13.6 Å². The van der Waals surface area contributed by atoms with Crippen molar-refractivity contribution in [2.45, 2.75) is 39.3 Å². The molecule has 0 amide bonds. The van der Waals surface area contributed by atoms with Gasteiger partial charge >= 0.3 is 5.69 Å². The summed E-state index contributed by atoms with van der Waals surface area (Å²) in [6.45, 7) is 4.79. The molecule has 0 spiro atoms. The third kappa shape index (κ3) is 2.97. The molecule has 0 fully saturated rings. The maximum atomic E-state index is 12.8. The first-order chi connectivity index (χ1) is 13.5. The Kier molecular flexibility index (Phi) is 4.67. The molecule has 2 aromatic carbocycles. The fourth-order valence-electron chi connectivity index (χ4n) is 4.08. The van der Waals surface area contributed by atoms with E-state index in [0.717, 1.165) is 12.8 Å². The molecule has 0 bridgehead atoms. The molecular formula is C23H25N3O2. The van der Waals surface area contributed by atoms with Crippen molar-refractivity contribution in [3.63, 3.8) is 0 Å². The lowest BCUT2D eigenvalue weighted by atomic mass is 10.0. The van der Waals surface area contributed by atoms with Crippen LogP contribution in [-0.4, -0.2) is 13.7 Å². The minimum atomic E-state index is -0.249. The van der Waals surface area contributed by atoms with Crippen LogP contribution >= 0.6 is 0 Å². The highest BCUT2D eigenvalue weighted by atomic mass is 16.2. The lowest BCUT2D eigenvalue weighted by Gasteiger charge is -2.16. The van der Waals surface area contributed by atoms with Gasteiger partial charge in [-0.3, -0.25) is 13.9 Å². The van der Waals surface area contributed by atoms with Crippen molar-refractivity contribution in [3.8, 4) is 0 Å². The molecule has 144 valence electrons. The van der Waals surface area contributed by atoms with Crippen molar-refractivity contribution in [1.29, 1.82) is 0 Å². The average Bonchev–Trinajstić information content (AvgIpc) is 3.10. The number of nitrogens with zero attached hydrogens (tertiary/aromatic N) is 3. The SMILES string of the molecule is CCCC(C)n1c(=O)n(C)c(=O)c2cn(Cc3cccc4ccccc34)cc21. The first kappa shape index (κ1) is 18.3. The first-order valence-electron chi connectivity index (χ1n) is 9.79. The van der Waals surface area contributed by atoms with Gasteiger partial charge in [0.1, 0.15) is 0 Å². The number of rotatable bonds is 5. The smallest absolute Gasteiger partial charge is 0.331 e. The zero-order valence-electron chi connectivity index (χ0n) is 16.6. The van der Waals surface area contributed by atoms with Gasteiger partial charge in [-0.2, -0.15) is 0 Å². The average molecular weight is 375 g/mol. The standard InChI is InChI=1S/C23H25N3O2/c1-4-8-16(2)26-21-15-25(14-20(21)22(27)24(3)23(26)28)13-18-11-7-10-17-9-5-6-12-19(17)18/h5-7,9-12,14-16H,4,8,13H2,1-3H3. The van der Waals surface area contributed by atoms with Crippen LogP contribution in [0.4, 0.5) is 0 Å². The molecule has 1 atom stereocenters. The van der Waals surface area contributed by atoms with Crippen molar-refractivity contribution in [3.05, 3.63) is 81.3 Å². The minimum absolute atomic E-state index is 0.0419. The zero-order valence-corrected chi connectivity index (χ0v) is 16.6. The highest BCUT2D eigenvalue weighted by Gasteiger charge is 2.17. The molecule has 1 unspecified atom stereocenters. The second kappa shape index (κ2) is 7.15. The highest BCUT2D eigenvalue weighted by molar-refractivity contribution is 5.85. The maximum absolute atomic E-state index is 12.8. The lowest BCUT2D eigenvalue weighted by molar-refractivity contribution is 0.478. The molecule has 0 radical (unpaired) electrons. The van der Waals surface area contributed by atoms with Crippen molar-refractivity contribution in [2.75, 3.05) is 0 Å². The van der Waals surface area contributed by atoms with E-state index in [2.05, 4.69) is 37.3 Å². The third-order valence-corrected chi connectivity index (χ3v) is 5.53. The predicted molar refractivity (Wildman–Crippen MR) is 114 cm³/mol. The molecule has 0 saturated heterocycles. The molecule has 4 rings (SSSR count). The van der Waals surface area contributed by atoms with Crippen LogP contribution in [0.5, 0.6) is 0 Å². The molecule has 0 aliphatic heterocycles. The van der Waals surface area contributed by atoms with Gasteiger partial charge in [0.15, 0.2) is 0 Å². The van der Waals surface area contributed by atoms with E-state index in [-0.39, 0.29) is 17.3 Å². The molecule has 5 nitrogen and oxygen atoms in total. The summed E-state index contributed by atoms with van der Waals surface area (Å²) in [7, 11) is 1.56. The molecular weight excluding hydrogens is 350 g/mol. The Bertz CT molecular complexity index is 1270. The van der Waals surface area contributed by atoms with Gasteiger partial charge in [0.25, 0.3) is 5.56 Å². The molecule has 2 heterocycles. The number of aromatic nitrogens is 3. The van der Waals surface area contributed by atoms with Crippen molar-refractivity contribution in [2.24, 2.45) is 7.05 Å². The molecule has 0 aliphatic rings. The number of benzene rings is 2. The van der Waals surface area contributed by atoms with Gasteiger partial charge < -0.3 is 4.57 Å². The number of fused-ring (bicyclic) bond motifs is 2. The van der Waals surface area contributed by atoms with Crippen molar-refractivity contribution in [1.82, 2.24) is 13.7 Å². The van der Waals surface area contributed by atoms with Gasteiger partial charge in [-0.05, 0) is 29.7 Å². The van der Waals surface area contributed by atoms with Crippen molar-refractivity contribution < 1.29 is 0 Å². The van der Waals surface area contributed by atoms with E-state index in [4.69, 9.17) is 0 Å². The van der Waals surface area contributed by atoms with Gasteiger partial charge in [-0.25, -0.2) is 4.79 Å². The van der Waals surface area contributed by atoms with Gasteiger partial charge in [-0.15, -0.1) is 0 Å². The zero-order chi connectivity index (χ0) is 19.8. The fourth-order valence-corrected chi connectivity index (χ4v) is 4.08. The molecule has 0 aliphatic carbocycles. The van der Waals surface area contributed by atoms with Crippen LogP contribution in [0.1, 0.15) is 38.3 Å². The van der Waals surface area contributed by atoms with Crippen LogP contribution in [0.25, 0.3) is 21.7 Å². The molecule has 0 saturated carbocycles. The van der Waals surface area contributed by atoms with Gasteiger partial charge in [-0.1, -0.05) is 55.8 Å². The highest BCUT2D eigenvalue weighted by Crippen LogP contribution is 2.22. The lowest BCUT2D eigenvalue weighted by Crippen LogP contribution is -2.38. The third-order valence-electron chi connectivity index (χ3n) is 5.53. The van der Waals surface area contributed by atoms with E-state index < -0.39 is 0 Å². The summed E-state index contributed by atoms with van der Waals surface area (Å²) >= 11 is 0. The van der Waals surface area contributed by atoms with Gasteiger partial charge in [0.2, 0.25) is 0 Å². The van der Waals surface area contributed by atoms with E-state index in [1.54, 1.807) is 11.6 Å². The van der Waals surface area contributed by atoms with Crippen LogP contribution in [0.2, 0.25) is 0 Å². The summed E-state index contributed by atoms with van der Waals surface area (Å²) in [5, 5.41) is 2.98. The first-order valence-corrected chi connectivity index (χ1v) is 9.79. The Balaban J connectivity index is 1.88. The largest absolute Gasteiger partial charge is 0.347 e. The van der Waals surface area contributed by atoms with E-state index in [1.807, 2.05) is 36.0 Å².